The van der Waals surface area contributed by atoms with E-state index < -0.39 is 0 Å². The van der Waals surface area contributed by atoms with Gasteiger partial charge < -0.3 is 14.0 Å². The van der Waals surface area contributed by atoms with Crippen LogP contribution in [0.15, 0.2) is 47.5 Å². The van der Waals surface area contributed by atoms with Gasteiger partial charge in [0, 0.05) is 62.7 Å². The zero-order valence-electron chi connectivity index (χ0n) is 13.8. The molecule has 2 unspecified atom stereocenters. The highest BCUT2D eigenvalue weighted by atomic mass is 16.2. The van der Waals surface area contributed by atoms with Gasteiger partial charge in [-0.1, -0.05) is 6.07 Å². The number of carbonyl (C=O) groups excluding carboxylic acids is 1. The van der Waals surface area contributed by atoms with Crippen LogP contribution >= 0.6 is 0 Å². The molecule has 2 bridgehead atoms. The Bertz CT molecular complexity index is 778. The molecule has 0 radical (unpaired) electrons. The lowest BCUT2D eigenvalue weighted by Gasteiger charge is -2.42. The molecule has 126 valence electrons. The van der Waals surface area contributed by atoms with Crippen LogP contribution in [0.5, 0.6) is 0 Å². The summed E-state index contributed by atoms with van der Waals surface area (Å²) >= 11 is 0. The Morgan fingerprint density at radius 1 is 1.08 bits per heavy atom. The maximum Gasteiger partial charge on any atom is 0.250 e. The zero-order chi connectivity index (χ0) is 16.5. The lowest BCUT2D eigenvalue weighted by molar-refractivity contribution is -0.134. The number of carbonyl (C=O) groups is 1. The van der Waals surface area contributed by atoms with Gasteiger partial charge in [-0.2, -0.15) is 0 Å². The molecule has 1 saturated heterocycles. The lowest BCUT2D eigenvalue weighted by atomic mass is 9.83. The minimum absolute atomic E-state index is 0.0914. The molecule has 2 aliphatic heterocycles. The SMILES string of the molecule is O=C(CCCn1cccc1)N1CC2CC(C1)c1cccc(=O)n1C2. The number of nitrogens with zero attached hydrogens (tertiary/aromatic N) is 3. The summed E-state index contributed by atoms with van der Waals surface area (Å²) in [5.74, 6) is 0.966. The van der Waals surface area contributed by atoms with Crippen molar-refractivity contribution in [2.45, 2.75) is 38.3 Å². The second kappa shape index (κ2) is 6.30. The Morgan fingerprint density at radius 2 is 1.92 bits per heavy atom. The van der Waals surface area contributed by atoms with Crippen LogP contribution in [0.4, 0.5) is 0 Å². The topological polar surface area (TPSA) is 47.2 Å². The average Bonchev–Trinajstić information content (AvgIpc) is 3.09. The van der Waals surface area contributed by atoms with Crippen molar-refractivity contribution in [3.8, 4) is 0 Å². The predicted molar refractivity (Wildman–Crippen MR) is 91.8 cm³/mol. The summed E-state index contributed by atoms with van der Waals surface area (Å²) in [4.78, 5) is 26.7. The standard InChI is InChI=1S/C19H23N3O2/c23-18(7-4-10-20-8-1-2-9-20)21-12-15-11-16(14-21)17-5-3-6-19(24)22(17)13-15/h1-3,5-6,8-9,15-16H,4,7,10-14H2. The van der Waals surface area contributed by atoms with Crippen molar-refractivity contribution in [1.82, 2.24) is 14.0 Å². The molecule has 0 spiro atoms. The van der Waals surface area contributed by atoms with Gasteiger partial charge in [0.25, 0.3) is 5.56 Å². The third-order valence-corrected chi connectivity index (χ3v) is 5.31. The Morgan fingerprint density at radius 3 is 2.75 bits per heavy atom. The van der Waals surface area contributed by atoms with Crippen LogP contribution in [-0.4, -0.2) is 33.0 Å². The van der Waals surface area contributed by atoms with E-state index in [1.807, 2.05) is 46.1 Å². The summed E-state index contributed by atoms with van der Waals surface area (Å²) in [6.07, 6.45) is 6.63. The molecule has 4 heterocycles. The van der Waals surface area contributed by atoms with E-state index in [9.17, 15) is 9.59 Å². The molecule has 0 aromatic carbocycles. The van der Waals surface area contributed by atoms with Gasteiger partial charge in [0.15, 0.2) is 0 Å². The quantitative estimate of drug-likeness (QED) is 0.864. The van der Waals surface area contributed by atoms with Crippen molar-refractivity contribution >= 4 is 5.91 Å². The molecule has 4 rings (SSSR count). The second-order valence-corrected chi connectivity index (χ2v) is 7.02. The van der Waals surface area contributed by atoms with E-state index in [4.69, 9.17) is 0 Å². The maximum absolute atomic E-state index is 12.6. The van der Waals surface area contributed by atoms with Crippen molar-refractivity contribution < 1.29 is 4.79 Å². The Balaban J connectivity index is 1.40. The van der Waals surface area contributed by atoms with Crippen molar-refractivity contribution in [2.24, 2.45) is 5.92 Å². The van der Waals surface area contributed by atoms with Crippen LogP contribution in [0.1, 0.15) is 30.9 Å². The van der Waals surface area contributed by atoms with Crippen molar-refractivity contribution in [3.05, 3.63) is 58.8 Å². The number of hydrogen-bond donors (Lipinski definition) is 0. The highest BCUT2D eigenvalue weighted by Crippen LogP contribution is 2.35. The van der Waals surface area contributed by atoms with Crippen LogP contribution in [0, 0.1) is 5.92 Å². The molecule has 2 atom stereocenters. The first kappa shape index (κ1) is 15.2. The van der Waals surface area contributed by atoms with Gasteiger partial charge in [0.1, 0.15) is 0 Å². The Hall–Kier alpha value is -2.30. The van der Waals surface area contributed by atoms with Crippen molar-refractivity contribution in [1.29, 1.82) is 0 Å². The first-order valence-electron chi connectivity index (χ1n) is 8.79. The molecular weight excluding hydrogens is 302 g/mol. The molecule has 5 heteroatoms. The molecule has 2 aromatic rings. The monoisotopic (exact) mass is 325 g/mol. The minimum Gasteiger partial charge on any atom is -0.354 e. The molecule has 5 nitrogen and oxygen atoms in total. The van der Waals surface area contributed by atoms with Gasteiger partial charge in [-0.05, 0) is 37.0 Å². The molecule has 0 N–H and O–H groups in total. The smallest absolute Gasteiger partial charge is 0.250 e. The number of piperidine rings is 1. The second-order valence-electron chi connectivity index (χ2n) is 7.02. The normalized spacial score (nSPS) is 22.2. The average molecular weight is 325 g/mol. The molecule has 2 aromatic heterocycles. The van der Waals surface area contributed by atoms with Crippen LogP contribution in [-0.2, 0) is 17.9 Å². The van der Waals surface area contributed by atoms with Gasteiger partial charge in [0.05, 0.1) is 0 Å². The molecule has 24 heavy (non-hydrogen) atoms. The Kier molecular flexibility index (Phi) is 4.00. The van der Waals surface area contributed by atoms with E-state index in [0.29, 0.717) is 18.3 Å². The molecule has 0 aliphatic carbocycles. The number of aryl methyl sites for hydroxylation is 1. The van der Waals surface area contributed by atoms with Gasteiger partial charge in [0.2, 0.25) is 5.91 Å². The van der Waals surface area contributed by atoms with Crippen LogP contribution < -0.4 is 5.56 Å². The third kappa shape index (κ3) is 2.90. The number of fused-ring (bicyclic) bond motifs is 4. The van der Waals surface area contributed by atoms with E-state index in [2.05, 4.69) is 4.57 Å². The summed E-state index contributed by atoms with van der Waals surface area (Å²) in [7, 11) is 0. The largest absolute Gasteiger partial charge is 0.354 e. The molecule has 1 amide bonds. The van der Waals surface area contributed by atoms with E-state index in [0.717, 1.165) is 44.7 Å². The summed E-state index contributed by atoms with van der Waals surface area (Å²) in [5.41, 5.74) is 1.19. The van der Waals surface area contributed by atoms with E-state index in [1.165, 1.54) is 0 Å². The summed E-state index contributed by atoms with van der Waals surface area (Å²) in [6, 6.07) is 9.53. The summed E-state index contributed by atoms with van der Waals surface area (Å²) in [5, 5.41) is 0. The maximum atomic E-state index is 12.6. The Labute approximate surface area is 141 Å². The van der Waals surface area contributed by atoms with Crippen LogP contribution in [0.2, 0.25) is 0 Å². The molecule has 0 saturated carbocycles. The fourth-order valence-corrected chi connectivity index (χ4v) is 4.19. The van der Waals surface area contributed by atoms with Gasteiger partial charge in [-0.25, -0.2) is 0 Å². The van der Waals surface area contributed by atoms with Gasteiger partial charge in [-0.3, -0.25) is 9.59 Å². The summed E-state index contributed by atoms with van der Waals surface area (Å²) in [6.45, 7) is 3.18. The number of hydrogen-bond acceptors (Lipinski definition) is 2. The number of rotatable bonds is 4. The minimum atomic E-state index is 0.0914. The molecule has 1 fully saturated rings. The fraction of sp³-hybridized carbons (Fsp3) is 0.474. The highest BCUT2D eigenvalue weighted by Gasteiger charge is 2.35. The van der Waals surface area contributed by atoms with Crippen LogP contribution in [0.25, 0.3) is 0 Å². The predicted octanol–water partition coefficient (Wildman–Crippen LogP) is 2.08. The van der Waals surface area contributed by atoms with Crippen molar-refractivity contribution in [2.75, 3.05) is 13.1 Å². The van der Waals surface area contributed by atoms with E-state index in [1.54, 1.807) is 6.07 Å². The fourth-order valence-electron chi connectivity index (χ4n) is 4.19. The van der Waals surface area contributed by atoms with Gasteiger partial charge >= 0.3 is 0 Å². The number of amides is 1. The third-order valence-electron chi connectivity index (χ3n) is 5.31. The molecule has 2 aliphatic rings. The van der Waals surface area contributed by atoms with E-state index >= 15 is 0 Å². The molecular formula is C19H23N3O2. The van der Waals surface area contributed by atoms with E-state index in [-0.39, 0.29) is 11.5 Å². The van der Waals surface area contributed by atoms with Crippen LogP contribution in [0.3, 0.4) is 0 Å². The number of pyridine rings is 1. The number of likely N-dealkylation sites (tertiary alicyclic amines) is 1. The van der Waals surface area contributed by atoms with Gasteiger partial charge in [-0.15, -0.1) is 0 Å². The van der Waals surface area contributed by atoms with Crippen molar-refractivity contribution in [3.63, 3.8) is 0 Å². The summed E-state index contributed by atoms with van der Waals surface area (Å²) < 4.78 is 4.02. The first-order chi connectivity index (χ1) is 11.7. The highest BCUT2D eigenvalue weighted by molar-refractivity contribution is 5.76. The number of aromatic nitrogens is 2. The lowest BCUT2D eigenvalue weighted by Crippen LogP contribution is -2.49. The zero-order valence-corrected chi connectivity index (χ0v) is 13.8. The first-order valence-corrected chi connectivity index (χ1v) is 8.79.